The second-order valence-corrected chi connectivity index (χ2v) is 5.31. The maximum atomic E-state index is 12.1. The average Bonchev–Trinajstić information content (AvgIpc) is 2.36. The Kier molecular flexibility index (Phi) is 6.35. The standard InChI is InChI=1S/C13H18N2O3S/c1-10(2)15(7-11-5-3-4-6-14-11)12(16)8-19-9-13(17)18/h3-6,10H,7-9H2,1-2H3,(H,17,18). The number of carbonyl (C=O) groups is 2. The Bertz CT molecular complexity index is 423. The van der Waals surface area contributed by atoms with Crippen LogP contribution >= 0.6 is 11.8 Å². The van der Waals surface area contributed by atoms with Gasteiger partial charge in [-0.2, -0.15) is 0 Å². The molecule has 0 aromatic carbocycles. The van der Waals surface area contributed by atoms with Gasteiger partial charge < -0.3 is 10.0 Å². The van der Waals surface area contributed by atoms with Gasteiger partial charge in [0, 0.05) is 12.2 Å². The predicted molar refractivity (Wildman–Crippen MR) is 74.9 cm³/mol. The molecule has 5 nitrogen and oxygen atoms in total. The lowest BCUT2D eigenvalue weighted by Crippen LogP contribution is -2.38. The van der Waals surface area contributed by atoms with Crippen molar-refractivity contribution in [3.63, 3.8) is 0 Å². The van der Waals surface area contributed by atoms with Crippen molar-refractivity contribution in [2.75, 3.05) is 11.5 Å². The Hall–Kier alpha value is -1.56. The van der Waals surface area contributed by atoms with Crippen molar-refractivity contribution in [2.24, 2.45) is 0 Å². The second kappa shape index (κ2) is 7.78. The van der Waals surface area contributed by atoms with Gasteiger partial charge in [-0.1, -0.05) is 6.07 Å². The first-order valence-corrected chi connectivity index (χ1v) is 7.15. The molecule has 19 heavy (non-hydrogen) atoms. The lowest BCUT2D eigenvalue weighted by Gasteiger charge is -2.26. The van der Waals surface area contributed by atoms with Crippen molar-refractivity contribution in [3.8, 4) is 0 Å². The fourth-order valence-electron chi connectivity index (χ4n) is 1.53. The molecule has 0 aliphatic carbocycles. The first kappa shape index (κ1) is 15.5. The van der Waals surface area contributed by atoms with Crippen LogP contribution in [0.3, 0.4) is 0 Å². The van der Waals surface area contributed by atoms with Crippen LogP contribution in [0, 0.1) is 0 Å². The van der Waals surface area contributed by atoms with Gasteiger partial charge in [0.15, 0.2) is 0 Å². The van der Waals surface area contributed by atoms with Crippen molar-refractivity contribution >= 4 is 23.6 Å². The highest BCUT2D eigenvalue weighted by Crippen LogP contribution is 2.10. The van der Waals surface area contributed by atoms with Crippen molar-refractivity contribution in [1.29, 1.82) is 0 Å². The molecule has 1 aromatic heterocycles. The smallest absolute Gasteiger partial charge is 0.313 e. The molecule has 0 radical (unpaired) electrons. The average molecular weight is 282 g/mol. The summed E-state index contributed by atoms with van der Waals surface area (Å²) < 4.78 is 0. The molecular weight excluding hydrogens is 264 g/mol. The Morgan fingerprint density at radius 2 is 2.11 bits per heavy atom. The predicted octanol–water partition coefficient (Wildman–Crippen LogP) is 1.64. The zero-order chi connectivity index (χ0) is 14.3. The fourth-order valence-corrected chi connectivity index (χ4v) is 2.15. The van der Waals surface area contributed by atoms with E-state index < -0.39 is 5.97 Å². The van der Waals surface area contributed by atoms with E-state index in [1.165, 1.54) is 0 Å². The summed E-state index contributed by atoms with van der Waals surface area (Å²) in [4.78, 5) is 28.4. The van der Waals surface area contributed by atoms with Crippen LogP contribution in [0.25, 0.3) is 0 Å². The minimum Gasteiger partial charge on any atom is -0.481 e. The van der Waals surface area contributed by atoms with Gasteiger partial charge in [-0.05, 0) is 26.0 Å². The summed E-state index contributed by atoms with van der Waals surface area (Å²) >= 11 is 1.11. The second-order valence-electron chi connectivity index (χ2n) is 4.32. The third kappa shape index (κ3) is 5.74. The van der Waals surface area contributed by atoms with Gasteiger partial charge in [-0.25, -0.2) is 0 Å². The van der Waals surface area contributed by atoms with Crippen LogP contribution in [-0.2, 0) is 16.1 Å². The van der Waals surface area contributed by atoms with E-state index in [0.29, 0.717) is 6.54 Å². The number of carboxylic acids is 1. The number of hydrogen-bond acceptors (Lipinski definition) is 4. The largest absolute Gasteiger partial charge is 0.481 e. The normalized spacial score (nSPS) is 10.5. The van der Waals surface area contributed by atoms with Crippen LogP contribution in [0.4, 0.5) is 0 Å². The van der Waals surface area contributed by atoms with E-state index in [9.17, 15) is 9.59 Å². The molecule has 0 aliphatic rings. The molecule has 0 fully saturated rings. The first-order chi connectivity index (χ1) is 9.00. The Balaban J connectivity index is 2.57. The van der Waals surface area contributed by atoms with Crippen LogP contribution < -0.4 is 0 Å². The highest BCUT2D eigenvalue weighted by Gasteiger charge is 2.18. The summed E-state index contributed by atoms with van der Waals surface area (Å²) in [6.45, 7) is 4.32. The Morgan fingerprint density at radius 3 is 2.63 bits per heavy atom. The number of aliphatic carboxylic acids is 1. The van der Waals surface area contributed by atoms with E-state index in [0.717, 1.165) is 17.5 Å². The monoisotopic (exact) mass is 282 g/mol. The van der Waals surface area contributed by atoms with Crippen LogP contribution in [-0.4, -0.2) is 44.4 Å². The van der Waals surface area contributed by atoms with Crippen LogP contribution in [0.15, 0.2) is 24.4 Å². The summed E-state index contributed by atoms with van der Waals surface area (Å²) in [5, 5.41) is 8.55. The number of rotatable bonds is 7. The van der Waals surface area contributed by atoms with Gasteiger partial charge in [0.2, 0.25) is 5.91 Å². The molecule has 0 aliphatic heterocycles. The molecule has 0 saturated heterocycles. The van der Waals surface area contributed by atoms with Gasteiger partial charge in [0.25, 0.3) is 0 Å². The number of nitrogens with zero attached hydrogens (tertiary/aromatic N) is 2. The molecule has 1 amide bonds. The van der Waals surface area contributed by atoms with Crippen LogP contribution in [0.5, 0.6) is 0 Å². The quantitative estimate of drug-likeness (QED) is 0.823. The maximum absolute atomic E-state index is 12.1. The zero-order valence-corrected chi connectivity index (χ0v) is 11.9. The van der Waals surface area contributed by atoms with Crippen molar-refractivity contribution in [1.82, 2.24) is 9.88 Å². The summed E-state index contributed by atoms with van der Waals surface area (Å²) in [6.07, 6.45) is 1.69. The molecule has 0 spiro atoms. The minimum atomic E-state index is -0.904. The molecule has 0 unspecified atom stereocenters. The summed E-state index contributed by atoms with van der Waals surface area (Å²) in [5.41, 5.74) is 0.827. The van der Waals surface area contributed by atoms with Gasteiger partial charge in [-0.15, -0.1) is 11.8 Å². The van der Waals surface area contributed by atoms with E-state index in [1.807, 2.05) is 32.0 Å². The lowest BCUT2D eigenvalue weighted by atomic mass is 10.2. The fraction of sp³-hybridized carbons (Fsp3) is 0.462. The number of pyridine rings is 1. The topological polar surface area (TPSA) is 70.5 Å². The zero-order valence-electron chi connectivity index (χ0n) is 11.1. The summed E-state index contributed by atoms with van der Waals surface area (Å²) in [5.74, 6) is -0.844. The molecule has 1 rings (SSSR count). The van der Waals surface area contributed by atoms with E-state index in [2.05, 4.69) is 4.98 Å². The van der Waals surface area contributed by atoms with Crippen molar-refractivity contribution in [2.45, 2.75) is 26.4 Å². The van der Waals surface area contributed by atoms with Crippen molar-refractivity contribution < 1.29 is 14.7 Å². The maximum Gasteiger partial charge on any atom is 0.313 e. The van der Waals surface area contributed by atoms with E-state index in [1.54, 1.807) is 11.1 Å². The molecule has 1 heterocycles. The van der Waals surface area contributed by atoms with Crippen molar-refractivity contribution in [3.05, 3.63) is 30.1 Å². The van der Waals surface area contributed by atoms with Gasteiger partial charge in [0.05, 0.1) is 23.7 Å². The summed E-state index contributed by atoms with van der Waals surface area (Å²) in [7, 11) is 0. The number of thioether (sulfide) groups is 1. The lowest BCUT2D eigenvalue weighted by molar-refractivity contribution is -0.133. The highest BCUT2D eigenvalue weighted by molar-refractivity contribution is 8.00. The molecular formula is C13H18N2O3S. The van der Waals surface area contributed by atoms with E-state index in [-0.39, 0.29) is 23.5 Å². The Labute approximate surface area is 117 Å². The van der Waals surface area contributed by atoms with Gasteiger partial charge >= 0.3 is 5.97 Å². The SMILES string of the molecule is CC(C)N(Cc1ccccn1)C(=O)CSCC(=O)O. The van der Waals surface area contributed by atoms with Gasteiger partial charge in [-0.3, -0.25) is 14.6 Å². The molecule has 0 bridgehead atoms. The number of hydrogen-bond donors (Lipinski definition) is 1. The molecule has 0 saturated carbocycles. The third-order valence-electron chi connectivity index (χ3n) is 2.45. The number of carboxylic acid groups (broad SMARTS) is 1. The summed E-state index contributed by atoms with van der Waals surface area (Å²) in [6, 6.07) is 5.63. The van der Waals surface area contributed by atoms with Gasteiger partial charge in [0.1, 0.15) is 0 Å². The van der Waals surface area contributed by atoms with E-state index in [4.69, 9.17) is 5.11 Å². The van der Waals surface area contributed by atoms with Crippen LogP contribution in [0.2, 0.25) is 0 Å². The first-order valence-electron chi connectivity index (χ1n) is 5.99. The minimum absolute atomic E-state index is 0.0543. The number of aromatic nitrogens is 1. The molecule has 0 atom stereocenters. The molecule has 104 valence electrons. The third-order valence-corrected chi connectivity index (χ3v) is 3.36. The number of carbonyl (C=O) groups excluding carboxylic acids is 1. The van der Waals surface area contributed by atoms with Crippen LogP contribution in [0.1, 0.15) is 19.5 Å². The highest BCUT2D eigenvalue weighted by atomic mass is 32.2. The molecule has 1 aromatic rings. The number of amides is 1. The van der Waals surface area contributed by atoms with E-state index >= 15 is 0 Å². The Morgan fingerprint density at radius 1 is 1.37 bits per heavy atom. The molecule has 6 heteroatoms. The molecule has 1 N–H and O–H groups in total.